The van der Waals surface area contributed by atoms with Crippen LogP contribution in [0.5, 0.6) is 0 Å². The second kappa shape index (κ2) is 20.3. The van der Waals surface area contributed by atoms with Crippen LogP contribution in [0, 0.1) is 0 Å². The van der Waals surface area contributed by atoms with Gasteiger partial charge in [0.15, 0.2) is 0 Å². The summed E-state index contributed by atoms with van der Waals surface area (Å²) < 4.78 is 19.3. The maximum atomic E-state index is 4.83. The second-order valence-electron chi connectivity index (χ2n) is 3.39. The fourth-order valence-corrected chi connectivity index (χ4v) is 0.986. The third-order valence-corrected chi connectivity index (χ3v) is 1.89. The van der Waals surface area contributed by atoms with Gasteiger partial charge in [0.2, 0.25) is 0 Å². The fraction of sp³-hybridized carbons (Fsp3) is 1.00. The topological polar surface area (TPSA) is 36.9 Å². The van der Waals surface area contributed by atoms with E-state index in [0.29, 0.717) is 0 Å². The predicted octanol–water partition coefficient (Wildman–Crippen LogP) is 2.12. The van der Waals surface area contributed by atoms with Crippen molar-refractivity contribution in [1.82, 2.24) is 0 Å². The Morgan fingerprint density at radius 3 is 0.750 bits per heavy atom. The molecule has 0 radical (unpaired) electrons. The summed E-state index contributed by atoms with van der Waals surface area (Å²) >= 11 is 0. The van der Waals surface area contributed by atoms with E-state index in [1.165, 1.54) is 0 Å². The van der Waals surface area contributed by atoms with E-state index in [9.17, 15) is 0 Å². The van der Waals surface area contributed by atoms with Crippen molar-refractivity contribution >= 4 is 0 Å². The van der Waals surface area contributed by atoms with E-state index < -0.39 is 0 Å². The van der Waals surface area contributed by atoms with Crippen LogP contribution in [0.15, 0.2) is 0 Å². The van der Waals surface area contributed by atoms with E-state index in [2.05, 4.69) is 0 Å². The number of unbranched alkanes of at least 4 members (excludes halogenated alkanes) is 2. The smallest absolute Gasteiger partial charge is 0.0463 e. The highest BCUT2D eigenvalue weighted by Gasteiger charge is 1.84. The van der Waals surface area contributed by atoms with Crippen molar-refractivity contribution in [2.24, 2.45) is 0 Å². The van der Waals surface area contributed by atoms with Gasteiger partial charge < -0.3 is 18.9 Å². The molecule has 0 spiro atoms. The van der Waals surface area contributed by atoms with Gasteiger partial charge in [-0.15, -0.1) is 0 Å². The summed E-state index contributed by atoms with van der Waals surface area (Å²) in [5, 5.41) is 0. The van der Waals surface area contributed by atoms with Gasteiger partial charge in [-0.05, 0) is 25.7 Å². The van der Waals surface area contributed by atoms with E-state index in [4.69, 9.17) is 18.9 Å². The molecule has 0 aliphatic heterocycles. The van der Waals surface area contributed by atoms with Gasteiger partial charge in [0.1, 0.15) is 0 Å². The lowest BCUT2D eigenvalue weighted by atomic mass is 10.3. The molecule has 16 heavy (non-hydrogen) atoms. The van der Waals surface area contributed by atoms with Gasteiger partial charge >= 0.3 is 0 Å². The summed E-state index contributed by atoms with van der Waals surface area (Å²) in [6.07, 6.45) is 4.41. The van der Waals surface area contributed by atoms with Crippen molar-refractivity contribution in [1.29, 1.82) is 0 Å². The molecule has 0 saturated carbocycles. The molecule has 0 N–H and O–H groups in total. The van der Waals surface area contributed by atoms with E-state index in [0.717, 1.165) is 52.1 Å². The first kappa shape index (κ1) is 18.2. The summed E-state index contributed by atoms with van der Waals surface area (Å²) in [6, 6.07) is 0. The van der Waals surface area contributed by atoms with Crippen LogP contribution < -0.4 is 0 Å². The third kappa shape index (κ3) is 23.6. The molecule has 100 valence electrons. The van der Waals surface area contributed by atoms with Crippen molar-refractivity contribution in [3.05, 3.63) is 0 Å². The fourth-order valence-electron chi connectivity index (χ4n) is 0.986. The molecule has 4 nitrogen and oxygen atoms in total. The zero-order chi connectivity index (χ0) is 12.5. The lowest BCUT2D eigenvalue weighted by Gasteiger charge is -1.96. The van der Waals surface area contributed by atoms with Gasteiger partial charge in [-0.2, -0.15) is 0 Å². The van der Waals surface area contributed by atoms with Gasteiger partial charge in [-0.25, -0.2) is 0 Å². The Hall–Kier alpha value is -0.160. The first-order chi connectivity index (χ1) is 7.83. The highest BCUT2D eigenvalue weighted by atomic mass is 16.5. The Kier molecular flexibility index (Phi) is 23.1. The van der Waals surface area contributed by atoms with Crippen molar-refractivity contribution in [2.45, 2.75) is 25.7 Å². The maximum absolute atomic E-state index is 4.83. The molecular formula is C12H28O4. The van der Waals surface area contributed by atoms with Gasteiger partial charge in [-0.1, -0.05) is 0 Å². The average Bonchev–Trinajstić information content (AvgIpc) is 2.31. The number of hydrogen-bond donors (Lipinski definition) is 0. The Labute approximate surface area is 100 Å². The maximum Gasteiger partial charge on any atom is 0.0463 e. The molecule has 0 aromatic rings. The van der Waals surface area contributed by atoms with Gasteiger partial charge in [-0.3, -0.25) is 0 Å². The normalized spacial score (nSPS) is 9.75. The lowest BCUT2D eigenvalue weighted by Crippen LogP contribution is -1.92. The van der Waals surface area contributed by atoms with Crippen LogP contribution in [-0.2, 0) is 18.9 Å². The summed E-state index contributed by atoms with van der Waals surface area (Å²) in [5.41, 5.74) is 0. The van der Waals surface area contributed by atoms with Crippen molar-refractivity contribution < 1.29 is 18.9 Å². The number of ether oxygens (including phenoxy) is 4. The summed E-state index contributed by atoms with van der Waals surface area (Å²) in [5.74, 6) is 0. The minimum atomic E-state index is 0.851. The molecule has 0 heterocycles. The molecule has 0 atom stereocenters. The summed E-state index contributed by atoms with van der Waals surface area (Å²) in [6.45, 7) is 3.40. The minimum Gasteiger partial charge on any atom is -0.385 e. The Bertz CT molecular complexity index is 75.0. The molecular weight excluding hydrogens is 208 g/mol. The SMILES string of the molecule is COCCCCOC.COCCCCOC. The molecule has 0 unspecified atom stereocenters. The average molecular weight is 236 g/mol. The quantitative estimate of drug-likeness (QED) is 0.544. The summed E-state index contributed by atoms with van der Waals surface area (Å²) in [7, 11) is 6.86. The molecule has 0 aliphatic rings. The molecule has 4 heteroatoms. The van der Waals surface area contributed by atoms with Crippen molar-refractivity contribution in [3.63, 3.8) is 0 Å². The van der Waals surface area contributed by atoms with Crippen molar-refractivity contribution in [3.8, 4) is 0 Å². The Balaban J connectivity index is 0. The first-order valence-corrected chi connectivity index (χ1v) is 5.79. The van der Waals surface area contributed by atoms with Crippen LogP contribution in [0.1, 0.15) is 25.7 Å². The van der Waals surface area contributed by atoms with Crippen LogP contribution in [0.3, 0.4) is 0 Å². The lowest BCUT2D eigenvalue weighted by molar-refractivity contribution is 0.159. The zero-order valence-corrected chi connectivity index (χ0v) is 11.3. The van der Waals surface area contributed by atoms with Crippen LogP contribution in [0.2, 0.25) is 0 Å². The Morgan fingerprint density at radius 1 is 0.438 bits per heavy atom. The van der Waals surface area contributed by atoms with Crippen LogP contribution in [0.4, 0.5) is 0 Å². The van der Waals surface area contributed by atoms with E-state index in [-0.39, 0.29) is 0 Å². The Morgan fingerprint density at radius 2 is 0.625 bits per heavy atom. The second-order valence-corrected chi connectivity index (χ2v) is 3.39. The molecule has 0 amide bonds. The van der Waals surface area contributed by atoms with Gasteiger partial charge in [0.05, 0.1) is 0 Å². The largest absolute Gasteiger partial charge is 0.385 e. The molecule has 0 aromatic heterocycles. The first-order valence-electron chi connectivity index (χ1n) is 5.79. The van der Waals surface area contributed by atoms with Gasteiger partial charge in [0, 0.05) is 54.9 Å². The number of rotatable bonds is 10. The highest BCUT2D eigenvalue weighted by Crippen LogP contribution is 1.88. The molecule has 0 aliphatic carbocycles. The standard InChI is InChI=1S/2C6H14O2/c2*1-7-5-3-4-6-8-2/h2*3-6H2,1-2H3. The van der Waals surface area contributed by atoms with Crippen LogP contribution in [0.25, 0.3) is 0 Å². The van der Waals surface area contributed by atoms with Crippen LogP contribution >= 0.6 is 0 Å². The number of hydrogen-bond acceptors (Lipinski definition) is 4. The molecule has 0 bridgehead atoms. The molecule has 0 rings (SSSR count). The monoisotopic (exact) mass is 236 g/mol. The van der Waals surface area contributed by atoms with E-state index in [1.807, 2.05) is 0 Å². The predicted molar refractivity (Wildman–Crippen MR) is 66.0 cm³/mol. The number of methoxy groups -OCH3 is 4. The van der Waals surface area contributed by atoms with Crippen LogP contribution in [-0.4, -0.2) is 54.9 Å². The van der Waals surface area contributed by atoms with E-state index in [1.54, 1.807) is 28.4 Å². The third-order valence-electron chi connectivity index (χ3n) is 1.89. The molecule has 0 saturated heterocycles. The zero-order valence-electron chi connectivity index (χ0n) is 11.3. The highest BCUT2D eigenvalue weighted by molar-refractivity contribution is 4.35. The summed E-state index contributed by atoms with van der Waals surface area (Å²) in [4.78, 5) is 0. The molecule has 0 fully saturated rings. The van der Waals surface area contributed by atoms with E-state index >= 15 is 0 Å². The molecule has 0 aromatic carbocycles. The minimum absolute atomic E-state index is 0.851. The van der Waals surface area contributed by atoms with Crippen molar-refractivity contribution in [2.75, 3.05) is 54.9 Å². The van der Waals surface area contributed by atoms with Gasteiger partial charge in [0.25, 0.3) is 0 Å².